The predicted octanol–water partition coefficient (Wildman–Crippen LogP) is 3.27. The Morgan fingerprint density at radius 3 is 1.38 bits per heavy atom. The minimum absolute atomic E-state index is 0.00941. The van der Waals surface area contributed by atoms with Crippen molar-refractivity contribution < 1.29 is 38.9 Å². The van der Waals surface area contributed by atoms with Crippen LogP contribution in [-0.4, -0.2) is 47.3 Å². The van der Waals surface area contributed by atoms with Gasteiger partial charge in [0.05, 0.1) is 35.5 Å². The summed E-state index contributed by atoms with van der Waals surface area (Å²) in [4.78, 5) is 45.6. The summed E-state index contributed by atoms with van der Waals surface area (Å²) < 4.78 is 10.2. The molecule has 0 atom stereocenters. The van der Waals surface area contributed by atoms with Crippen molar-refractivity contribution in [1.29, 1.82) is 0 Å². The quantitative estimate of drug-likeness (QED) is 0.459. The van der Waals surface area contributed by atoms with E-state index in [-0.39, 0.29) is 35.5 Å². The molecule has 2 N–H and O–H groups in total. The third-order valence-corrected chi connectivity index (χ3v) is 3.95. The van der Waals surface area contributed by atoms with Crippen LogP contribution in [0.2, 0.25) is 0 Å². The van der Waals surface area contributed by atoms with E-state index in [1.165, 1.54) is 48.5 Å². The minimum Gasteiger partial charge on any atom is -0.478 e. The number of carboxylic acids is 2. The molecule has 8 nitrogen and oxygen atoms in total. The number of rotatable bonds is 10. The largest absolute Gasteiger partial charge is 0.478 e. The molecule has 2 aromatic carbocycles. The van der Waals surface area contributed by atoms with E-state index < -0.39 is 23.9 Å². The van der Waals surface area contributed by atoms with Gasteiger partial charge >= 0.3 is 23.9 Å². The van der Waals surface area contributed by atoms with Crippen molar-refractivity contribution in [1.82, 2.24) is 0 Å². The van der Waals surface area contributed by atoms with Crippen molar-refractivity contribution in [3.05, 3.63) is 70.8 Å². The first-order valence-corrected chi connectivity index (χ1v) is 8.89. The molecule has 0 saturated carbocycles. The van der Waals surface area contributed by atoms with Crippen LogP contribution in [0.3, 0.4) is 0 Å². The van der Waals surface area contributed by atoms with E-state index in [0.717, 1.165) is 0 Å². The summed E-state index contributed by atoms with van der Waals surface area (Å²) in [5.41, 5.74) is 0.357. The van der Waals surface area contributed by atoms with E-state index in [0.29, 0.717) is 19.3 Å². The van der Waals surface area contributed by atoms with Gasteiger partial charge in [0.2, 0.25) is 0 Å². The lowest BCUT2D eigenvalue weighted by molar-refractivity contribution is 0.0477. The number of aromatic carboxylic acids is 2. The SMILES string of the molecule is O=C(O)c1cccc(C(=O)OCCCCCOC(=O)c2cccc(C(=O)O)c2)c1. The molecule has 0 bridgehead atoms. The Labute approximate surface area is 166 Å². The van der Waals surface area contributed by atoms with E-state index in [1.807, 2.05) is 0 Å². The maximum atomic E-state index is 11.9. The smallest absolute Gasteiger partial charge is 0.338 e. The van der Waals surface area contributed by atoms with Crippen LogP contribution < -0.4 is 0 Å². The van der Waals surface area contributed by atoms with Crippen LogP contribution in [0.25, 0.3) is 0 Å². The van der Waals surface area contributed by atoms with Crippen molar-refractivity contribution in [2.75, 3.05) is 13.2 Å². The molecule has 0 heterocycles. The number of carbonyl (C=O) groups is 4. The van der Waals surface area contributed by atoms with Gasteiger partial charge in [-0.3, -0.25) is 0 Å². The number of carbonyl (C=O) groups excluding carboxylic acids is 2. The second kappa shape index (κ2) is 10.6. The topological polar surface area (TPSA) is 127 Å². The molecule has 152 valence electrons. The Kier molecular flexibility index (Phi) is 7.90. The zero-order valence-corrected chi connectivity index (χ0v) is 15.5. The first-order chi connectivity index (χ1) is 13.9. The third kappa shape index (κ3) is 6.76. The fourth-order valence-corrected chi connectivity index (χ4v) is 2.44. The van der Waals surface area contributed by atoms with Gasteiger partial charge < -0.3 is 19.7 Å². The summed E-state index contributed by atoms with van der Waals surface area (Å²) in [6.45, 7) is 0.315. The standard InChI is InChI=1S/C21H20O8/c22-18(23)14-6-4-8-16(12-14)20(26)28-10-2-1-3-11-29-21(27)17-9-5-7-15(13-17)19(24)25/h4-9,12-13H,1-3,10-11H2,(H,22,23)(H,24,25). The highest BCUT2D eigenvalue weighted by atomic mass is 16.5. The van der Waals surface area contributed by atoms with Crippen LogP contribution in [0.4, 0.5) is 0 Å². The van der Waals surface area contributed by atoms with Crippen LogP contribution in [0.15, 0.2) is 48.5 Å². The second-order valence-corrected chi connectivity index (χ2v) is 6.10. The van der Waals surface area contributed by atoms with Crippen molar-refractivity contribution in [2.45, 2.75) is 19.3 Å². The van der Waals surface area contributed by atoms with E-state index in [4.69, 9.17) is 19.7 Å². The van der Waals surface area contributed by atoms with E-state index in [1.54, 1.807) is 0 Å². The number of esters is 2. The van der Waals surface area contributed by atoms with Crippen LogP contribution >= 0.6 is 0 Å². The highest BCUT2D eigenvalue weighted by Gasteiger charge is 2.12. The minimum atomic E-state index is -1.12. The molecule has 0 aromatic heterocycles. The van der Waals surface area contributed by atoms with Gasteiger partial charge in [0.25, 0.3) is 0 Å². The zero-order chi connectivity index (χ0) is 21.2. The molecule has 0 radical (unpaired) electrons. The first kappa shape index (κ1) is 21.6. The molecule has 2 aromatic rings. The molecular formula is C21H20O8. The maximum Gasteiger partial charge on any atom is 0.338 e. The van der Waals surface area contributed by atoms with Crippen molar-refractivity contribution >= 4 is 23.9 Å². The lowest BCUT2D eigenvalue weighted by Gasteiger charge is -2.07. The van der Waals surface area contributed by atoms with Gasteiger partial charge in [0.15, 0.2) is 0 Å². The van der Waals surface area contributed by atoms with Gasteiger partial charge in [-0.2, -0.15) is 0 Å². The predicted molar refractivity (Wildman–Crippen MR) is 101 cm³/mol. The van der Waals surface area contributed by atoms with E-state index in [2.05, 4.69) is 0 Å². The average molecular weight is 400 g/mol. The molecule has 0 amide bonds. The average Bonchev–Trinajstić information content (AvgIpc) is 2.72. The maximum absolute atomic E-state index is 11.9. The number of ether oxygens (including phenoxy) is 2. The summed E-state index contributed by atoms with van der Waals surface area (Å²) in [6, 6.07) is 11.2. The summed E-state index contributed by atoms with van der Waals surface area (Å²) >= 11 is 0. The molecule has 0 spiro atoms. The molecule has 0 aliphatic carbocycles. The molecule has 0 aliphatic rings. The molecule has 0 saturated heterocycles. The van der Waals surface area contributed by atoms with Gasteiger partial charge in [-0.1, -0.05) is 12.1 Å². The number of hydrogen-bond acceptors (Lipinski definition) is 6. The molecule has 8 heteroatoms. The highest BCUT2D eigenvalue weighted by molar-refractivity contribution is 5.95. The van der Waals surface area contributed by atoms with Crippen molar-refractivity contribution in [3.8, 4) is 0 Å². The van der Waals surface area contributed by atoms with Gasteiger partial charge in [0.1, 0.15) is 0 Å². The summed E-state index contributed by atoms with van der Waals surface area (Å²) in [5.74, 6) is -3.44. The Morgan fingerprint density at radius 2 is 1.00 bits per heavy atom. The van der Waals surface area contributed by atoms with Crippen molar-refractivity contribution in [2.24, 2.45) is 0 Å². The Balaban J connectivity index is 1.65. The van der Waals surface area contributed by atoms with Crippen LogP contribution in [0.1, 0.15) is 60.7 Å². The zero-order valence-electron chi connectivity index (χ0n) is 15.5. The number of carboxylic acid groups (broad SMARTS) is 2. The van der Waals surface area contributed by atoms with Gasteiger partial charge in [0, 0.05) is 0 Å². The van der Waals surface area contributed by atoms with Crippen LogP contribution in [0, 0.1) is 0 Å². The normalized spacial score (nSPS) is 10.2. The summed E-state index contributed by atoms with van der Waals surface area (Å²) in [7, 11) is 0. The first-order valence-electron chi connectivity index (χ1n) is 8.89. The van der Waals surface area contributed by atoms with Crippen molar-refractivity contribution in [3.63, 3.8) is 0 Å². The number of unbranched alkanes of at least 4 members (excludes halogenated alkanes) is 2. The van der Waals surface area contributed by atoms with Crippen LogP contribution in [-0.2, 0) is 9.47 Å². The molecule has 0 aliphatic heterocycles. The summed E-state index contributed by atoms with van der Waals surface area (Å²) in [5, 5.41) is 17.8. The number of hydrogen-bond donors (Lipinski definition) is 2. The van der Waals surface area contributed by atoms with Crippen LogP contribution in [0.5, 0.6) is 0 Å². The molecule has 29 heavy (non-hydrogen) atoms. The highest BCUT2D eigenvalue weighted by Crippen LogP contribution is 2.09. The monoisotopic (exact) mass is 400 g/mol. The van der Waals surface area contributed by atoms with E-state index >= 15 is 0 Å². The lowest BCUT2D eigenvalue weighted by Crippen LogP contribution is -2.09. The second-order valence-electron chi connectivity index (χ2n) is 6.10. The third-order valence-electron chi connectivity index (χ3n) is 3.95. The van der Waals surface area contributed by atoms with Gasteiger partial charge in [-0.15, -0.1) is 0 Å². The Hall–Kier alpha value is -3.68. The number of benzene rings is 2. The molecule has 0 fully saturated rings. The van der Waals surface area contributed by atoms with E-state index in [9.17, 15) is 19.2 Å². The fourth-order valence-electron chi connectivity index (χ4n) is 2.44. The lowest BCUT2D eigenvalue weighted by atomic mass is 10.1. The summed E-state index contributed by atoms with van der Waals surface area (Å²) in [6.07, 6.45) is 1.75. The fraction of sp³-hybridized carbons (Fsp3) is 0.238. The molecule has 0 unspecified atom stereocenters. The van der Waals surface area contributed by atoms with Gasteiger partial charge in [-0.25, -0.2) is 19.2 Å². The molecule has 2 rings (SSSR count). The molecular weight excluding hydrogens is 380 g/mol. The Morgan fingerprint density at radius 1 is 0.621 bits per heavy atom. The van der Waals surface area contributed by atoms with Gasteiger partial charge in [-0.05, 0) is 55.7 Å². The Bertz CT molecular complexity index is 830.